The molecule has 1 saturated carbocycles. The molecular weight excluding hydrogens is 124 g/mol. The van der Waals surface area contributed by atoms with Crippen molar-refractivity contribution in [2.45, 2.75) is 40.0 Å². The van der Waals surface area contributed by atoms with E-state index in [-0.39, 0.29) is 5.41 Å². The zero-order valence-corrected chi connectivity index (χ0v) is 7.11. The third-order valence-corrected chi connectivity index (χ3v) is 2.61. The fraction of sp³-hybridized carbons (Fsp3) is 0.889. The Morgan fingerprint density at radius 3 is 2.40 bits per heavy atom. The lowest BCUT2D eigenvalue weighted by atomic mass is 9.89. The highest BCUT2D eigenvalue weighted by molar-refractivity contribution is 5.86. The Labute approximate surface area is 62.8 Å². The van der Waals surface area contributed by atoms with E-state index in [2.05, 4.69) is 20.8 Å². The minimum absolute atomic E-state index is 0.0132. The van der Waals surface area contributed by atoms with Gasteiger partial charge in [-0.1, -0.05) is 27.2 Å². The molecule has 1 fully saturated rings. The van der Waals surface area contributed by atoms with Crippen LogP contribution in [0.15, 0.2) is 0 Å². The van der Waals surface area contributed by atoms with Crippen molar-refractivity contribution in [3.63, 3.8) is 0 Å². The Hall–Kier alpha value is -0.330. The summed E-state index contributed by atoms with van der Waals surface area (Å²) in [7, 11) is 0. The molecule has 0 bridgehead atoms. The maximum absolute atomic E-state index is 11.3. The number of carbonyl (C=O) groups excluding carboxylic acids is 1. The summed E-state index contributed by atoms with van der Waals surface area (Å²) >= 11 is 0. The molecule has 0 aromatic rings. The second kappa shape index (κ2) is 2.37. The van der Waals surface area contributed by atoms with Crippen molar-refractivity contribution < 1.29 is 4.79 Å². The van der Waals surface area contributed by atoms with E-state index < -0.39 is 0 Å². The van der Waals surface area contributed by atoms with Crippen LogP contribution < -0.4 is 0 Å². The van der Waals surface area contributed by atoms with Crippen LogP contribution in [-0.2, 0) is 4.79 Å². The summed E-state index contributed by atoms with van der Waals surface area (Å²) in [5, 5.41) is 0. The molecule has 0 aliphatic heterocycles. The van der Waals surface area contributed by atoms with Crippen LogP contribution in [0.25, 0.3) is 0 Å². The van der Waals surface area contributed by atoms with Crippen molar-refractivity contribution >= 4 is 5.78 Å². The van der Waals surface area contributed by atoms with E-state index in [0.29, 0.717) is 11.7 Å². The van der Waals surface area contributed by atoms with Crippen LogP contribution in [0.5, 0.6) is 0 Å². The molecule has 0 amide bonds. The van der Waals surface area contributed by atoms with Crippen molar-refractivity contribution in [3.8, 4) is 0 Å². The minimum atomic E-state index is -0.0132. The van der Waals surface area contributed by atoms with Crippen molar-refractivity contribution in [1.82, 2.24) is 0 Å². The van der Waals surface area contributed by atoms with Crippen molar-refractivity contribution in [2.75, 3.05) is 0 Å². The first kappa shape index (κ1) is 7.77. The normalized spacial score (nSPS) is 31.1. The molecule has 0 unspecified atom stereocenters. The molecule has 1 heteroatoms. The number of Topliss-reactive ketones (excluding diaryl/α,β-unsaturated/α-hetero) is 1. The largest absolute Gasteiger partial charge is 0.299 e. The van der Waals surface area contributed by atoms with Gasteiger partial charge >= 0.3 is 0 Å². The average molecular weight is 140 g/mol. The van der Waals surface area contributed by atoms with E-state index >= 15 is 0 Å². The van der Waals surface area contributed by atoms with Crippen molar-refractivity contribution in [3.05, 3.63) is 0 Å². The third kappa shape index (κ3) is 1.23. The van der Waals surface area contributed by atoms with Crippen LogP contribution in [0, 0.1) is 11.3 Å². The quantitative estimate of drug-likeness (QED) is 0.546. The molecule has 0 radical (unpaired) electrons. The first-order valence-electron chi connectivity index (χ1n) is 4.09. The number of carbonyl (C=O) groups is 1. The van der Waals surface area contributed by atoms with Crippen molar-refractivity contribution in [2.24, 2.45) is 11.3 Å². The summed E-state index contributed by atoms with van der Waals surface area (Å²) < 4.78 is 0. The molecule has 0 N–H and O–H groups in total. The summed E-state index contributed by atoms with van der Waals surface area (Å²) in [6, 6.07) is 0. The molecule has 0 spiro atoms. The van der Waals surface area contributed by atoms with Gasteiger partial charge in [0.2, 0.25) is 0 Å². The maximum atomic E-state index is 11.3. The van der Waals surface area contributed by atoms with E-state index in [1.807, 2.05) is 0 Å². The van der Waals surface area contributed by atoms with E-state index in [4.69, 9.17) is 0 Å². The predicted octanol–water partition coefficient (Wildman–Crippen LogP) is 2.40. The lowest BCUT2D eigenvalue weighted by Crippen LogP contribution is -2.15. The lowest BCUT2D eigenvalue weighted by Gasteiger charge is -2.14. The van der Waals surface area contributed by atoms with Crippen LogP contribution in [0.2, 0.25) is 0 Å². The Balaban J connectivity index is 2.62. The average Bonchev–Trinajstić information content (AvgIpc) is 2.08. The Kier molecular flexibility index (Phi) is 1.84. The zero-order valence-electron chi connectivity index (χ0n) is 7.11. The van der Waals surface area contributed by atoms with Crippen molar-refractivity contribution in [1.29, 1.82) is 0 Å². The smallest absolute Gasteiger partial charge is 0.138 e. The number of rotatable bonds is 1. The van der Waals surface area contributed by atoms with Gasteiger partial charge in [-0.25, -0.2) is 0 Å². The summed E-state index contributed by atoms with van der Waals surface area (Å²) in [4.78, 5) is 11.3. The van der Waals surface area contributed by atoms with E-state index in [1.54, 1.807) is 0 Å². The molecule has 10 heavy (non-hydrogen) atoms. The highest BCUT2D eigenvalue weighted by atomic mass is 16.1. The van der Waals surface area contributed by atoms with Crippen LogP contribution in [0.1, 0.15) is 40.0 Å². The van der Waals surface area contributed by atoms with Gasteiger partial charge < -0.3 is 0 Å². The lowest BCUT2D eigenvalue weighted by molar-refractivity contribution is -0.124. The summed E-state index contributed by atoms with van der Waals surface area (Å²) in [6.45, 7) is 6.29. The summed E-state index contributed by atoms with van der Waals surface area (Å²) in [5.41, 5.74) is -0.0132. The second-order valence-electron chi connectivity index (χ2n) is 3.99. The van der Waals surface area contributed by atoms with Gasteiger partial charge in [0.05, 0.1) is 0 Å². The van der Waals surface area contributed by atoms with Crippen LogP contribution >= 0.6 is 0 Å². The van der Waals surface area contributed by atoms with Gasteiger partial charge in [0.25, 0.3) is 0 Å². The maximum Gasteiger partial charge on any atom is 0.138 e. The van der Waals surface area contributed by atoms with Crippen LogP contribution in [0.4, 0.5) is 0 Å². The van der Waals surface area contributed by atoms with Gasteiger partial charge in [0.15, 0.2) is 0 Å². The Bertz CT molecular complexity index is 147. The molecule has 0 heterocycles. The topological polar surface area (TPSA) is 17.1 Å². The first-order valence-corrected chi connectivity index (χ1v) is 4.09. The molecule has 1 aliphatic carbocycles. The highest BCUT2D eigenvalue weighted by Gasteiger charge is 2.37. The predicted molar refractivity (Wildman–Crippen MR) is 41.8 cm³/mol. The molecule has 0 aromatic carbocycles. The molecule has 58 valence electrons. The first-order chi connectivity index (χ1) is 4.56. The number of hydrogen-bond acceptors (Lipinski definition) is 1. The molecule has 0 aromatic heterocycles. The number of hydrogen-bond donors (Lipinski definition) is 0. The zero-order chi connectivity index (χ0) is 7.78. The SMILES string of the molecule is CC[C@@H]1CC(=O)C(C)(C)C1. The van der Waals surface area contributed by atoms with Gasteiger partial charge in [0.1, 0.15) is 5.78 Å². The highest BCUT2D eigenvalue weighted by Crippen LogP contribution is 2.38. The summed E-state index contributed by atoms with van der Waals surface area (Å²) in [6.07, 6.45) is 3.08. The van der Waals surface area contributed by atoms with Gasteiger partial charge in [-0.15, -0.1) is 0 Å². The fourth-order valence-corrected chi connectivity index (χ4v) is 1.73. The monoisotopic (exact) mass is 140 g/mol. The standard InChI is InChI=1S/C9H16O/c1-4-7-5-8(10)9(2,3)6-7/h7H,4-6H2,1-3H3/t7-/m1/s1. The van der Waals surface area contributed by atoms with Crippen LogP contribution in [-0.4, -0.2) is 5.78 Å². The second-order valence-corrected chi connectivity index (χ2v) is 3.99. The van der Waals surface area contributed by atoms with Gasteiger partial charge in [0, 0.05) is 11.8 Å². The molecule has 1 nitrogen and oxygen atoms in total. The van der Waals surface area contributed by atoms with E-state index in [1.165, 1.54) is 0 Å². The Morgan fingerprint density at radius 2 is 2.20 bits per heavy atom. The van der Waals surface area contributed by atoms with Gasteiger partial charge in [-0.2, -0.15) is 0 Å². The molecule has 1 aliphatic rings. The fourth-order valence-electron chi connectivity index (χ4n) is 1.73. The van der Waals surface area contributed by atoms with E-state index in [9.17, 15) is 4.79 Å². The summed E-state index contributed by atoms with van der Waals surface area (Å²) in [5.74, 6) is 1.13. The molecule has 1 atom stereocenters. The van der Waals surface area contributed by atoms with Gasteiger partial charge in [-0.05, 0) is 12.3 Å². The third-order valence-electron chi connectivity index (χ3n) is 2.61. The molecule has 0 saturated heterocycles. The molecule has 1 rings (SSSR count). The van der Waals surface area contributed by atoms with Crippen LogP contribution in [0.3, 0.4) is 0 Å². The number of ketones is 1. The Morgan fingerprint density at radius 1 is 1.60 bits per heavy atom. The minimum Gasteiger partial charge on any atom is -0.299 e. The van der Waals surface area contributed by atoms with Gasteiger partial charge in [-0.3, -0.25) is 4.79 Å². The van der Waals surface area contributed by atoms with E-state index in [0.717, 1.165) is 19.3 Å². The molecular formula is C9H16O.